The number of rotatable bonds is 62. The van der Waals surface area contributed by atoms with E-state index in [0.29, 0.717) is 25.7 Å². The maximum atomic E-state index is 12.9. The van der Waals surface area contributed by atoms with Gasteiger partial charge >= 0.3 is 39.5 Å². The molecule has 0 amide bonds. The molecule has 0 fully saturated rings. The number of phosphoric ester groups is 2. The number of carbonyl (C=O) groups is 4. The molecule has 0 aromatic rings. The number of esters is 4. The summed E-state index contributed by atoms with van der Waals surface area (Å²) in [5, 5.41) is 10.5. The molecule has 0 aliphatic heterocycles. The summed E-state index contributed by atoms with van der Waals surface area (Å²) in [7, 11) is -9.86. The summed E-state index contributed by atoms with van der Waals surface area (Å²) >= 11 is 0. The van der Waals surface area contributed by atoms with Gasteiger partial charge in [-0.25, -0.2) is 9.13 Å². The van der Waals surface area contributed by atoms with Gasteiger partial charge < -0.3 is 33.8 Å². The number of aliphatic hydroxyl groups excluding tert-OH is 1. The summed E-state index contributed by atoms with van der Waals surface area (Å²) in [6, 6.07) is 0. The van der Waals surface area contributed by atoms with Crippen molar-refractivity contribution in [2.45, 2.75) is 329 Å². The van der Waals surface area contributed by atoms with Crippen molar-refractivity contribution >= 4 is 39.5 Å². The van der Waals surface area contributed by atoms with Crippen molar-refractivity contribution in [3.8, 4) is 0 Å². The van der Waals surface area contributed by atoms with E-state index in [2.05, 4.69) is 20.8 Å². The summed E-state index contributed by atoms with van der Waals surface area (Å²) < 4.78 is 67.5. The lowest BCUT2D eigenvalue weighted by Crippen LogP contribution is -2.30. The van der Waals surface area contributed by atoms with Crippen molar-refractivity contribution in [1.82, 2.24) is 0 Å². The lowest BCUT2D eigenvalue weighted by atomic mass is 10.0. The monoisotopic (exact) mass is 1180 g/mol. The van der Waals surface area contributed by atoms with Crippen molar-refractivity contribution in [2.24, 2.45) is 0 Å². The van der Waals surface area contributed by atoms with Crippen molar-refractivity contribution in [2.75, 3.05) is 39.6 Å². The topological polar surface area (TPSA) is 237 Å². The number of ether oxygens (including phenoxy) is 4. The van der Waals surface area contributed by atoms with E-state index in [4.69, 9.17) is 37.0 Å². The molecule has 80 heavy (non-hydrogen) atoms. The molecule has 0 aliphatic rings. The molecule has 19 heteroatoms. The van der Waals surface area contributed by atoms with Crippen LogP contribution in [0.4, 0.5) is 0 Å². The second-order valence-electron chi connectivity index (χ2n) is 22.1. The van der Waals surface area contributed by atoms with Crippen molar-refractivity contribution in [3.05, 3.63) is 0 Å². The first-order chi connectivity index (χ1) is 38.7. The molecule has 0 aromatic carbocycles. The van der Waals surface area contributed by atoms with E-state index in [9.17, 15) is 43.2 Å². The lowest BCUT2D eigenvalue weighted by Gasteiger charge is -2.21. The minimum absolute atomic E-state index is 0.106. The Balaban J connectivity index is 5.11. The standard InChI is InChI=1S/C61H118O17P2/c1-5-9-13-16-19-22-25-28-31-34-37-40-44-48-61(66)78-57(52-72-59(64)46-42-38-35-32-29-26-23-20-17-14-10-6-2)54-76-80(69,70)74-50-55(62)49-73-79(67,68)75-53-56(51-71-58(63)45-41-12-8-4)77-60(65)47-43-39-36-33-30-27-24-21-18-15-11-7-3/h55-57,62H,5-54H2,1-4H3,(H,67,68)(H,69,70)/t55-,56+,57+/m0/s1. The molecular formula is C61H118O17P2. The van der Waals surface area contributed by atoms with Gasteiger partial charge in [-0.1, -0.05) is 259 Å². The van der Waals surface area contributed by atoms with E-state index in [1.54, 1.807) is 0 Å². The Bertz CT molecular complexity index is 1550. The molecule has 0 spiro atoms. The third kappa shape index (κ3) is 55.3. The first-order valence-corrected chi connectivity index (χ1v) is 35.3. The molecule has 0 saturated carbocycles. The van der Waals surface area contributed by atoms with Gasteiger partial charge in [0.2, 0.25) is 0 Å². The molecule has 2 unspecified atom stereocenters. The Labute approximate surface area is 486 Å². The van der Waals surface area contributed by atoms with Crippen LogP contribution in [0.1, 0.15) is 310 Å². The average molecular weight is 1190 g/mol. The molecule has 0 bridgehead atoms. The largest absolute Gasteiger partial charge is 0.472 e. The molecule has 17 nitrogen and oxygen atoms in total. The number of phosphoric acid groups is 2. The highest BCUT2D eigenvalue weighted by Gasteiger charge is 2.30. The molecule has 0 radical (unpaired) electrons. The summed E-state index contributed by atoms with van der Waals surface area (Å²) in [4.78, 5) is 71.6. The molecule has 0 aromatic heterocycles. The Morgan fingerprint density at radius 1 is 0.300 bits per heavy atom. The van der Waals surface area contributed by atoms with Crippen LogP contribution in [-0.4, -0.2) is 96.7 Å². The SMILES string of the molecule is CCCCCCCCCCCCCCCC(=O)O[C@H](COC(=O)CCCCCCCCCCCCCC)COP(=O)(O)OC[C@@H](O)COP(=O)(O)OC[C@@H](COC(=O)CCCCC)OC(=O)CCCCCCCCCCCCCC. The first-order valence-electron chi connectivity index (χ1n) is 32.3. The zero-order valence-corrected chi connectivity index (χ0v) is 52.8. The van der Waals surface area contributed by atoms with Crippen LogP contribution in [0.25, 0.3) is 0 Å². The van der Waals surface area contributed by atoms with Crippen LogP contribution >= 0.6 is 15.6 Å². The van der Waals surface area contributed by atoms with Gasteiger partial charge in [0, 0.05) is 25.7 Å². The number of aliphatic hydroxyl groups is 1. The number of hydrogen-bond acceptors (Lipinski definition) is 15. The van der Waals surface area contributed by atoms with Gasteiger partial charge in [0.25, 0.3) is 0 Å². The Kier molecular flexibility index (Phi) is 54.8. The molecule has 0 saturated heterocycles. The van der Waals surface area contributed by atoms with E-state index in [1.807, 2.05) is 6.92 Å². The van der Waals surface area contributed by atoms with E-state index in [1.165, 1.54) is 148 Å². The predicted octanol–water partition coefficient (Wildman–Crippen LogP) is 16.8. The summed E-state index contributed by atoms with van der Waals surface area (Å²) in [6.45, 7) is 4.70. The quantitative estimate of drug-likeness (QED) is 0.0222. The van der Waals surface area contributed by atoms with Gasteiger partial charge in [0.15, 0.2) is 12.2 Å². The normalized spacial score (nSPS) is 14.2. The molecule has 0 heterocycles. The Hall–Kier alpha value is -1.94. The van der Waals surface area contributed by atoms with Crippen LogP contribution in [0, 0.1) is 0 Å². The second kappa shape index (κ2) is 56.2. The Morgan fingerprint density at radius 2 is 0.500 bits per heavy atom. The third-order valence-corrected chi connectivity index (χ3v) is 16.0. The zero-order chi connectivity index (χ0) is 59.1. The van der Waals surface area contributed by atoms with E-state index in [-0.39, 0.29) is 25.7 Å². The van der Waals surface area contributed by atoms with Gasteiger partial charge in [-0.2, -0.15) is 0 Å². The van der Waals surface area contributed by atoms with Crippen molar-refractivity contribution in [1.29, 1.82) is 0 Å². The van der Waals surface area contributed by atoms with Gasteiger partial charge in [-0.05, 0) is 25.7 Å². The van der Waals surface area contributed by atoms with Crippen LogP contribution < -0.4 is 0 Å². The maximum Gasteiger partial charge on any atom is 0.472 e. The molecule has 474 valence electrons. The maximum absolute atomic E-state index is 12.9. The lowest BCUT2D eigenvalue weighted by molar-refractivity contribution is -0.161. The molecular weight excluding hydrogens is 1070 g/mol. The number of unbranched alkanes of at least 4 members (excludes halogenated alkanes) is 36. The number of hydrogen-bond donors (Lipinski definition) is 3. The highest BCUT2D eigenvalue weighted by molar-refractivity contribution is 7.47. The highest BCUT2D eigenvalue weighted by Crippen LogP contribution is 2.45. The summed E-state index contributed by atoms with van der Waals surface area (Å²) in [5.74, 6) is -2.16. The average Bonchev–Trinajstić information content (AvgIpc) is 3.43. The minimum Gasteiger partial charge on any atom is -0.462 e. The third-order valence-electron chi connectivity index (χ3n) is 14.1. The molecule has 0 aliphatic carbocycles. The molecule has 5 atom stereocenters. The van der Waals surface area contributed by atoms with Crippen LogP contribution in [0.5, 0.6) is 0 Å². The van der Waals surface area contributed by atoms with Crippen LogP contribution in [0.15, 0.2) is 0 Å². The predicted molar refractivity (Wildman–Crippen MR) is 317 cm³/mol. The van der Waals surface area contributed by atoms with E-state index < -0.39 is 97.5 Å². The summed E-state index contributed by atoms with van der Waals surface area (Å²) in [6.07, 6.45) is 40.9. The van der Waals surface area contributed by atoms with E-state index >= 15 is 0 Å². The highest BCUT2D eigenvalue weighted by atomic mass is 31.2. The van der Waals surface area contributed by atoms with E-state index in [0.717, 1.165) is 83.5 Å². The zero-order valence-electron chi connectivity index (χ0n) is 51.0. The fourth-order valence-electron chi connectivity index (χ4n) is 9.10. The van der Waals surface area contributed by atoms with Crippen molar-refractivity contribution in [3.63, 3.8) is 0 Å². The summed E-state index contributed by atoms with van der Waals surface area (Å²) in [5.41, 5.74) is 0. The molecule has 0 rings (SSSR count). The minimum atomic E-state index is -4.94. The second-order valence-corrected chi connectivity index (χ2v) is 25.0. The van der Waals surface area contributed by atoms with Gasteiger partial charge in [-0.3, -0.25) is 37.3 Å². The van der Waals surface area contributed by atoms with Gasteiger partial charge in [-0.15, -0.1) is 0 Å². The number of carbonyl (C=O) groups excluding carboxylic acids is 4. The smallest absolute Gasteiger partial charge is 0.462 e. The van der Waals surface area contributed by atoms with Crippen LogP contribution in [0.3, 0.4) is 0 Å². The Morgan fingerprint density at radius 3 is 0.762 bits per heavy atom. The fraction of sp³-hybridized carbons (Fsp3) is 0.934. The van der Waals surface area contributed by atoms with Crippen molar-refractivity contribution < 1.29 is 80.2 Å². The fourth-order valence-corrected chi connectivity index (χ4v) is 10.7. The van der Waals surface area contributed by atoms with Gasteiger partial charge in [0.05, 0.1) is 26.4 Å². The molecule has 3 N–H and O–H groups in total. The van der Waals surface area contributed by atoms with Gasteiger partial charge in [0.1, 0.15) is 19.3 Å². The van der Waals surface area contributed by atoms with Crippen LogP contribution in [-0.2, 0) is 65.4 Å². The van der Waals surface area contributed by atoms with Crippen LogP contribution in [0.2, 0.25) is 0 Å². The first kappa shape index (κ1) is 78.1.